The second kappa shape index (κ2) is 6.97. The number of H-pyrrole nitrogens is 1. The van der Waals surface area contributed by atoms with E-state index in [9.17, 15) is 4.79 Å². The monoisotopic (exact) mass is 334 g/mol. The van der Waals surface area contributed by atoms with Crippen LogP contribution < -0.4 is 5.32 Å². The predicted octanol–water partition coefficient (Wildman–Crippen LogP) is 3.21. The van der Waals surface area contributed by atoms with E-state index < -0.39 is 0 Å². The molecule has 1 aliphatic heterocycles. The number of nitrogens with one attached hydrogen (secondary N) is 2. The summed E-state index contributed by atoms with van der Waals surface area (Å²) in [7, 11) is 0. The van der Waals surface area contributed by atoms with E-state index in [0.29, 0.717) is 5.95 Å². The van der Waals surface area contributed by atoms with Crippen molar-refractivity contribution >= 4 is 22.9 Å². The van der Waals surface area contributed by atoms with Gasteiger partial charge >= 0.3 is 0 Å². The van der Waals surface area contributed by atoms with E-state index in [4.69, 9.17) is 0 Å². The number of hydrogen-bond acceptors (Lipinski definition) is 3. The molecule has 1 unspecified atom stereocenters. The maximum Gasteiger partial charge on any atom is 0.245 e. The summed E-state index contributed by atoms with van der Waals surface area (Å²) in [6.07, 6.45) is 2.82. The third-order valence-corrected chi connectivity index (χ3v) is 4.73. The van der Waals surface area contributed by atoms with Crippen LogP contribution in [0.25, 0.3) is 11.0 Å². The zero-order chi connectivity index (χ0) is 17.1. The summed E-state index contributed by atoms with van der Waals surface area (Å²) in [5.74, 6) is 0.846. The average molecular weight is 334 g/mol. The van der Waals surface area contributed by atoms with Gasteiger partial charge in [0.1, 0.15) is 6.04 Å². The van der Waals surface area contributed by atoms with Gasteiger partial charge in [-0.2, -0.15) is 0 Å². The van der Waals surface area contributed by atoms with Gasteiger partial charge in [-0.25, -0.2) is 4.98 Å². The summed E-state index contributed by atoms with van der Waals surface area (Å²) < 4.78 is 0. The van der Waals surface area contributed by atoms with Crippen molar-refractivity contribution in [1.82, 2.24) is 14.9 Å². The molecule has 2 N–H and O–H groups in total. The van der Waals surface area contributed by atoms with E-state index in [1.807, 2.05) is 35.2 Å². The smallest absolute Gasteiger partial charge is 0.245 e. The molecule has 25 heavy (non-hydrogen) atoms. The second-order valence-electron chi connectivity index (χ2n) is 6.50. The fraction of sp³-hybridized carbons (Fsp3) is 0.300. The third-order valence-electron chi connectivity index (χ3n) is 4.73. The molecule has 2 aromatic carbocycles. The zero-order valence-electron chi connectivity index (χ0n) is 14.1. The van der Waals surface area contributed by atoms with Crippen molar-refractivity contribution in [3.63, 3.8) is 0 Å². The van der Waals surface area contributed by atoms with E-state index in [1.54, 1.807) is 0 Å². The van der Waals surface area contributed by atoms with E-state index in [1.165, 1.54) is 5.56 Å². The lowest BCUT2D eigenvalue weighted by Gasteiger charge is -2.17. The van der Waals surface area contributed by atoms with E-state index in [0.717, 1.165) is 43.4 Å². The summed E-state index contributed by atoms with van der Waals surface area (Å²) in [5.41, 5.74) is 3.22. The zero-order valence-corrected chi connectivity index (χ0v) is 14.1. The number of carbonyl (C=O) groups is 1. The third kappa shape index (κ3) is 3.50. The van der Waals surface area contributed by atoms with Gasteiger partial charge in [-0.05, 0) is 37.0 Å². The molecule has 0 radical (unpaired) electrons. The molecular weight excluding hydrogens is 312 g/mol. The molecule has 1 saturated heterocycles. The van der Waals surface area contributed by atoms with E-state index in [-0.39, 0.29) is 11.9 Å². The van der Waals surface area contributed by atoms with Crippen molar-refractivity contribution < 1.29 is 4.79 Å². The number of nitrogens with zero attached hydrogens (tertiary/aromatic N) is 2. The molecule has 1 amide bonds. The van der Waals surface area contributed by atoms with Gasteiger partial charge in [0, 0.05) is 13.1 Å². The number of carbonyl (C=O) groups excluding carboxylic acids is 1. The minimum Gasteiger partial charge on any atom is -0.344 e. The van der Waals surface area contributed by atoms with Crippen molar-refractivity contribution in [2.75, 3.05) is 18.4 Å². The molecule has 0 spiro atoms. The van der Waals surface area contributed by atoms with Crippen molar-refractivity contribution in [2.45, 2.75) is 25.3 Å². The molecule has 1 atom stereocenters. The Labute approximate surface area is 147 Å². The van der Waals surface area contributed by atoms with Crippen LogP contribution in [0.5, 0.6) is 0 Å². The Bertz CT molecular complexity index is 825. The molecule has 1 aliphatic rings. The molecule has 3 aromatic rings. The SMILES string of the molecule is O=C1C(Nc2nc3ccccc3[nH]2)CCN1CCCc1ccccc1. The van der Waals surface area contributed by atoms with Gasteiger partial charge in [-0.15, -0.1) is 0 Å². The number of amides is 1. The Hall–Kier alpha value is -2.82. The number of aryl methyl sites for hydroxylation is 1. The van der Waals surface area contributed by atoms with Gasteiger partial charge < -0.3 is 15.2 Å². The lowest BCUT2D eigenvalue weighted by atomic mass is 10.1. The Morgan fingerprint density at radius 1 is 1.12 bits per heavy atom. The van der Waals surface area contributed by atoms with Crippen molar-refractivity contribution in [3.05, 3.63) is 60.2 Å². The lowest BCUT2D eigenvalue weighted by molar-refractivity contribution is -0.128. The highest BCUT2D eigenvalue weighted by molar-refractivity contribution is 5.87. The number of benzene rings is 2. The summed E-state index contributed by atoms with van der Waals surface area (Å²) in [6.45, 7) is 1.62. The maximum absolute atomic E-state index is 12.6. The summed E-state index contributed by atoms with van der Waals surface area (Å²) >= 11 is 0. The van der Waals surface area contributed by atoms with Gasteiger partial charge in [-0.3, -0.25) is 4.79 Å². The quantitative estimate of drug-likeness (QED) is 0.728. The molecule has 0 saturated carbocycles. The normalized spacial score (nSPS) is 17.4. The lowest BCUT2D eigenvalue weighted by Crippen LogP contribution is -2.34. The van der Waals surface area contributed by atoms with E-state index >= 15 is 0 Å². The number of para-hydroxylation sites is 2. The van der Waals surface area contributed by atoms with E-state index in [2.05, 4.69) is 39.6 Å². The van der Waals surface area contributed by atoms with Crippen LogP contribution in [0.3, 0.4) is 0 Å². The molecular formula is C20H22N4O. The van der Waals surface area contributed by atoms with Crippen LogP contribution in [-0.4, -0.2) is 39.9 Å². The Morgan fingerprint density at radius 2 is 1.92 bits per heavy atom. The number of aromatic nitrogens is 2. The van der Waals surface area contributed by atoms with Crippen LogP contribution in [0.4, 0.5) is 5.95 Å². The minimum absolute atomic E-state index is 0.175. The van der Waals surface area contributed by atoms with Crippen LogP contribution in [0.15, 0.2) is 54.6 Å². The summed E-state index contributed by atoms with van der Waals surface area (Å²) in [6, 6.07) is 18.1. The molecule has 0 bridgehead atoms. The molecule has 0 aliphatic carbocycles. The first-order valence-corrected chi connectivity index (χ1v) is 8.83. The summed E-state index contributed by atoms with van der Waals surface area (Å²) in [4.78, 5) is 22.3. The highest BCUT2D eigenvalue weighted by atomic mass is 16.2. The van der Waals surface area contributed by atoms with Gasteiger partial charge in [0.25, 0.3) is 0 Å². The van der Waals surface area contributed by atoms with Gasteiger partial charge in [-0.1, -0.05) is 42.5 Å². The number of hydrogen-bond donors (Lipinski definition) is 2. The largest absolute Gasteiger partial charge is 0.344 e. The highest BCUT2D eigenvalue weighted by Crippen LogP contribution is 2.19. The van der Waals surface area contributed by atoms with Crippen LogP contribution in [0.2, 0.25) is 0 Å². The molecule has 5 heteroatoms. The standard InChI is InChI=1S/C20H22N4O/c25-19-18(23-20-21-16-10-4-5-11-17(16)22-20)12-14-24(19)13-6-9-15-7-2-1-3-8-15/h1-5,7-8,10-11,18H,6,9,12-14H2,(H2,21,22,23). The Kier molecular flexibility index (Phi) is 4.37. The average Bonchev–Trinajstić information content (AvgIpc) is 3.20. The van der Waals surface area contributed by atoms with Crippen LogP contribution in [-0.2, 0) is 11.2 Å². The maximum atomic E-state index is 12.6. The van der Waals surface area contributed by atoms with Crippen molar-refractivity contribution in [2.24, 2.45) is 0 Å². The first-order chi connectivity index (χ1) is 12.3. The minimum atomic E-state index is -0.183. The second-order valence-corrected chi connectivity index (χ2v) is 6.50. The number of rotatable bonds is 6. The Balaban J connectivity index is 1.32. The van der Waals surface area contributed by atoms with Gasteiger partial charge in [0.05, 0.1) is 11.0 Å². The number of imidazole rings is 1. The molecule has 4 rings (SSSR count). The van der Waals surface area contributed by atoms with Crippen molar-refractivity contribution in [3.8, 4) is 0 Å². The number of anilines is 1. The van der Waals surface area contributed by atoms with Crippen molar-refractivity contribution in [1.29, 1.82) is 0 Å². The first kappa shape index (κ1) is 15.7. The molecule has 1 fully saturated rings. The van der Waals surface area contributed by atoms with Crippen LogP contribution in [0.1, 0.15) is 18.4 Å². The Morgan fingerprint density at radius 3 is 2.76 bits per heavy atom. The molecule has 128 valence electrons. The van der Waals surface area contributed by atoms with Crippen LogP contribution in [0, 0.1) is 0 Å². The number of fused-ring (bicyclic) bond motifs is 1. The fourth-order valence-electron chi connectivity index (χ4n) is 3.40. The highest BCUT2D eigenvalue weighted by Gasteiger charge is 2.31. The molecule has 2 heterocycles. The molecule has 1 aromatic heterocycles. The predicted molar refractivity (Wildman–Crippen MR) is 99.5 cm³/mol. The number of likely N-dealkylation sites (tertiary alicyclic amines) is 1. The van der Waals surface area contributed by atoms with Gasteiger partial charge in [0.15, 0.2) is 0 Å². The number of aromatic amines is 1. The molecule has 5 nitrogen and oxygen atoms in total. The topological polar surface area (TPSA) is 61.0 Å². The summed E-state index contributed by atoms with van der Waals surface area (Å²) in [5, 5.41) is 3.26. The first-order valence-electron chi connectivity index (χ1n) is 8.83. The fourth-order valence-corrected chi connectivity index (χ4v) is 3.40. The van der Waals surface area contributed by atoms with Crippen LogP contribution >= 0.6 is 0 Å². The van der Waals surface area contributed by atoms with Gasteiger partial charge in [0.2, 0.25) is 11.9 Å².